The summed E-state index contributed by atoms with van der Waals surface area (Å²) in [7, 11) is 0. The molecule has 0 aliphatic carbocycles. The van der Waals surface area contributed by atoms with E-state index in [-0.39, 0.29) is 5.97 Å². The molecule has 0 N–H and O–H groups in total. The average molecular weight is 273 g/mol. The Kier molecular flexibility index (Phi) is 7.79. The van der Waals surface area contributed by atoms with E-state index in [1.54, 1.807) is 55.5 Å². The van der Waals surface area contributed by atoms with Crippen LogP contribution in [0.25, 0.3) is 0 Å². The van der Waals surface area contributed by atoms with Crippen molar-refractivity contribution in [2.75, 3.05) is 0 Å². The molecule has 0 unspecified atom stereocenters. The molecule has 1 heterocycles. The van der Waals surface area contributed by atoms with Crippen molar-refractivity contribution >= 4 is 12.2 Å². The van der Waals surface area contributed by atoms with Gasteiger partial charge in [0.15, 0.2) is 0 Å². The summed E-state index contributed by atoms with van der Waals surface area (Å²) >= 11 is 0. The van der Waals surface area contributed by atoms with Crippen LogP contribution in [0.4, 0.5) is 0 Å². The van der Waals surface area contributed by atoms with Crippen LogP contribution in [0.3, 0.4) is 0 Å². The lowest BCUT2D eigenvalue weighted by atomic mass is 10.3. The monoisotopic (exact) mass is 273 g/mol. The van der Waals surface area contributed by atoms with Crippen LogP contribution < -0.4 is 0 Å². The lowest BCUT2D eigenvalue weighted by molar-refractivity contribution is -0.138. The van der Waals surface area contributed by atoms with Crippen molar-refractivity contribution in [3.05, 3.63) is 60.6 Å². The lowest BCUT2D eigenvalue weighted by Gasteiger charge is -2.01. The first-order valence-corrected chi connectivity index (χ1v) is 5.99. The number of carbonyl (C=O) groups is 1. The second-order valence-electron chi connectivity index (χ2n) is 3.40. The van der Waals surface area contributed by atoms with Gasteiger partial charge in [-0.05, 0) is 29.5 Å². The Balaban J connectivity index is 2.85. The minimum atomic E-state index is -0.310. The van der Waals surface area contributed by atoms with Crippen LogP contribution in [0.1, 0.15) is 13.3 Å². The largest absolute Gasteiger partial charge is 0.427 e. The highest BCUT2D eigenvalue weighted by atomic mass is 16.6. The van der Waals surface area contributed by atoms with Crippen LogP contribution in [0, 0.1) is 0 Å². The molecule has 0 aromatic rings. The lowest BCUT2D eigenvalue weighted by Crippen LogP contribution is -2.00. The van der Waals surface area contributed by atoms with Crippen LogP contribution in [-0.4, -0.2) is 12.2 Å². The molecular weight excluding hydrogens is 258 g/mol. The Morgan fingerprint density at radius 2 is 2.00 bits per heavy atom. The van der Waals surface area contributed by atoms with Gasteiger partial charge >= 0.3 is 5.97 Å². The number of ether oxygens (including phenoxy) is 1. The fourth-order valence-electron chi connectivity index (χ4n) is 1.03. The van der Waals surface area contributed by atoms with E-state index in [9.17, 15) is 4.79 Å². The summed E-state index contributed by atoms with van der Waals surface area (Å²) < 4.78 is 5.13. The van der Waals surface area contributed by atoms with Gasteiger partial charge in [-0.2, -0.15) is 0 Å². The molecule has 0 aromatic carbocycles. The maximum absolute atomic E-state index is 11.3. The van der Waals surface area contributed by atoms with Gasteiger partial charge in [0.25, 0.3) is 0 Å². The Morgan fingerprint density at radius 3 is 2.85 bits per heavy atom. The number of hydrogen-bond acceptors (Lipinski definition) is 6. The van der Waals surface area contributed by atoms with Crippen molar-refractivity contribution in [1.82, 2.24) is 0 Å². The van der Waals surface area contributed by atoms with Crippen molar-refractivity contribution in [3.8, 4) is 0 Å². The zero-order chi connectivity index (χ0) is 14.5. The summed E-state index contributed by atoms with van der Waals surface area (Å²) in [5.41, 5.74) is 0. The number of allylic oxidation sites excluding steroid dienone is 8. The Morgan fingerprint density at radius 1 is 1.20 bits per heavy atom. The van der Waals surface area contributed by atoms with E-state index in [4.69, 9.17) is 4.74 Å². The molecular formula is C14H15N3O3. The van der Waals surface area contributed by atoms with E-state index in [1.807, 2.05) is 0 Å². The second-order valence-corrected chi connectivity index (χ2v) is 3.40. The van der Waals surface area contributed by atoms with Crippen LogP contribution >= 0.6 is 0 Å². The van der Waals surface area contributed by atoms with Gasteiger partial charge in [0, 0.05) is 6.42 Å². The van der Waals surface area contributed by atoms with Crippen LogP contribution in [0.5, 0.6) is 0 Å². The summed E-state index contributed by atoms with van der Waals surface area (Å²) in [6, 6.07) is 0. The normalized spacial score (nSPS) is 23.1. The molecule has 0 amide bonds. The molecule has 20 heavy (non-hydrogen) atoms. The molecule has 1 rings (SSSR count). The van der Waals surface area contributed by atoms with E-state index >= 15 is 0 Å². The molecule has 6 heteroatoms. The third-order valence-corrected chi connectivity index (χ3v) is 1.91. The summed E-state index contributed by atoms with van der Waals surface area (Å²) in [5.74, 6) is 0.0993. The quantitative estimate of drug-likeness (QED) is 0.724. The fraction of sp³-hybridized carbons (Fsp3) is 0.143. The third kappa shape index (κ3) is 7.54. The van der Waals surface area contributed by atoms with Gasteiger partial charge in [-0.25, -0.2) is 0 Å². The predicted octanol–water partition coefficient (Wildman–Crippen LogP) is 3.39. The number of hydrogen-bond donors (Lipinski definition) is 0. The maximum atomic E-state index is 11.3. The number of esters is 1. The SMILES string of the molecule is CCC(=O)OC1=C\C=C/C=C/C=C/O/N=N/N=C\C=C1. The molecule has 1 aliphatic heterocycles. The van der Waals surface area contributed by atoms with Gasteiger partial charge in [0.05, 0.1) is 11.5 Å². The predicted molar refractivity (Wildman–Crippen MR) is 75.5 cm³/mol. The van der Waals surface area contributed by atoms with Crippen molar-refractivity contribution < 1.29 is 14.4 Å². The summed E-state index contributed by atoms with van der Waals surface area (Å²) in [4.78, 5) is 16.0. The van der Waals surface area contributed by atoms with Crippen LogP contribution in [-0.2, 0) is 14.4 Å². The van der Waals surface area contributed by atoms with Gasteiger partial charge in [-0.15, -0.1) is 5.10 Å². The number of nitrogens with zero attached hydrogens (tertiary/aromatic N) is 3. The van der Waals surface area contributed by atoms with E-state index in [1.165, 1.54) is 12.5 Å². The van der Waals surface area contributed by atoms with Crippen molar-refractivity contribution in [2.45, 2.75) is 13.3 Å². The first-order chi connectivity index (χ1) is 9.83. The molecule has 1 aliphatic rings. The second kappa shape index (κ2) is 10.2. The minimum absolute atomic E-state index is 0.305. The van der Waals surface area contributed by atoms with Crippen LogP contribution in [0.2, 0.25) is 0 Å². The number of rotatable bonds is 2. The van der Waals surface area contributed by atoms with Crippen LogP contribution in [0.15, 0.2) is 76.2 Å². The Labute approximate surface area is 117 Å². The topological polar surface area (TPSA) is 72.6 Å². The first kappa shape index (κ1) is 15.3. The van der Waals surface area contributed by atoms with E-state index < -0.39 is 0 Å². The molecule has 0 atom stereocenters. The molecule has 6 nitrogen and oxygen atoms in total. The highest BCUT2D eigenvalue weighted by Crippen LogP contribution is 2.03. The zero-order valence-electron chi connectivity index (χ0n) is 11.0. The minimum Gasteiger partial charge on any atom is -0.427 e. The zero-order valence-corrected chi connectivity index (χ0v) is 11.0. The first-order valence-electron chi connectivity index (χ1n) is 5.99. The average Bonchev–Trinajstić information content (AvgIpc) is 2.47. The van der Waals surface area contributed by atoms with E-state index in [0.29, 0.717) is 12.2 Å². The van der Waals surface area contributed by atoms with Gasteiger partial charge < -0.3 is 9.57 Å². The van der Waals surface area contributed by atoms with E-state index in [2.05, 4.69) is 20.4 Å². The van der Waals surface area contributed by atoms with E-state index in [0.717, 1.165) is 0 Å². The van der Waals surface area contributed by atoms with Gasteiger partial charge in [0.1, 0.15) is 12.0 Å². The molecule has 104 valence electrons. The Hall–Kier alpha value is -2.76. The van der Waals surface area contributed by atoms with Gasteiger partial charge in [0.2, 0.25) is 0 Å². The van der Waals surface area contributed by atoms with Crippen molar-refractivity contribution in [1.29, 1.82) is 0 Å². The molecule has 0 fully saturated rings. The van der Waals surface area contributed by atoms with Gasteiger partial charge in [-0.3, -0.25) is 4.79 Å². The summed E-state index contributed by atoms with van der Waals surface area (Å²) in [5, 5.41) is 10.3. The maximum Gasteiger partial charge on any atom is 0.310 e. The smallest absolute Gasteiger partial charge is 0.310 e. The molecule has 0 radical (unpaired) electrons. The van der Waals surface area contributed by atoms with Crippen molar-refractivity contribution in [3.63, 3.8) is 0 Å². The van der Waals surface area contributed by atoms with Gasteiger partial charge in [-0.1, -0.05) is 31.2 Å². The molecule has 0 saturated heterocycles. The fourth-order valence-corrected chi connectivity index (χ4v) is 1.03. The third-order valence-electron chi connectivity index (χ3n) is 1.91. The Bertz CT molecular complexity index is 512. The number of carbonyl (C=O) groups excluding carboxylic acids is 1. The molecule has 0 saturated carbocycles. The van der Waals surface area contributed by atoms with Crippen molar-refractivity contribution in [2.24, 2.45) is 15.6 Å². The molecule has 0 bridgehead atoms. The highest BCUT2D eigenvalue weighted by Gasteiger charge is 2.00. The highest BCUT2D eigenvalue weighted by molar-refractivity contribution is 5.73. The summed E-state index contributed by atoms with van der Waals surface area (Å²) in [6.07, 6.45) is 16.6. The summed E-state index contributed by atoms with van der Waals surface area (Å²) in [6.45, 7) is 1.73. The molecule has 0 aromatic heterocycles. The standard InChI is InChI=1S/C14H15N3O3/c1-2-14(18)20-13-9-6-4-3-5-7-12-19-17-16-15-11-8-10-13/h3-12H,2H2,1H3/b5-3+,6-4-,10-8?,12-7+,13-9?,15-11-,17-16+. The molecule has 0 spiro atoms.